The first-order valence-corrected chi connectivity index (χ1v) is 6.92. The van der Waals surface area contributed by atoms with Crippen LogP contribution in [0.2, 0.25) is 0 Å². The molecule has 0 radical (unpaired) electrons. The molecule has 0 amide bonds. The van der Waals surface area contributed by atoms with E-state index in [1.165, 1.54) is 30.4 Å². The second-order valence-corrected chi connectivity index (χ2v) is 4.86. The molecule has 0 aromatic heterocycles. The fraction of sp³-hybridized carbons (Fsp3) is 0.600. The Balaban J connectivity index is 1.88. The number of benzene rings is 1. The maximum atomic E-state index is 8.99. The zero-order valence-electron chi connectivity index (χ0n) is 11.1. The molecule has 0 heterocycles. The van der Waals surface area contributed by atoms with Crippen LogP contribution >= 0.6 is 0 Å². The van der Waals surface area contributed by atoms with Gasteiger partial charge in [-0.2, -0.15) is 0 Å². The van der Waals surface area contributed by atoms with Crippen molar-refractivity contribution >= 4 is 0 Å². The zero-order chi connectivity index (χ0) is 12.8. The van der Waals surface area contributed by atoms with E-state index in [1.807, 2.05) is 0 Å². The minimum atomic E-state index is 0.200. The molecule has 0 aliphatic heterocycles. The molecule has 2 N–H and O–H groups in total. The Morgan fingerprint density at radius 2 is 2.17 bits per heavy atom. The first-order valence-electron chi connectivity index (χ1n) is 6.92. The van der Waals surface area contributed by atoms with Crippen LogP contribution in [0, 0.1) is 0 Å². The highest BCUT2D eigenvalue weighted by Gasteiger charge is 2.12. The van der Waals surface area contributed by atoms with Crippen molar-refractivity contribution in [1.29, 1.82) is 0 Å². The van der Waals surface area contributed by atoms with E-state index in [4.69, 9.17) is 9.84 Å². The van der Waals surface area contributed by atoms with Gasteiger partial charge in [0, 0.05) is 12.6 Å². The van der Waals surface area contributed by atoms with Gasteiger partial charge in [-0.3, -0.25) is 0 Å². The predicted octanol–water partition coefficient (Wildman–Crippen LogP) is 1.91. The van der Waals surface area contributed by atoms with Crippen LogP contribution < -0.4 is 10.1 Å². The molecule has 0 bridgehead atoms. The van der Waals surface area contributed by atoms with Crippen LogP contribution in [-0.2, 0) is 12.8 Å². The molecule has 0 saturated carbocycles. The molecule has 0 spiro atoms. The topological polar surface area (TPSA) is 41.5 Å². The van der Waals surface area contributed by atoms with E-state index >= 15 is 0 Å². The van der Waals surface area contributed by atoms with Gasteiger partial charge < -0.3 is 15.2 Å². The number of hydrogen-bond acceptors (Lipinski definition) is 3. The van der Waals surface area contributed by atoms with Crippen molar-refractivity contribution in [3.8, 4) is 5.75 Å². The van der Waals surface area contributed by atoms with Gasteiger partial charge in [0.1, 0.15) is 12.4 Å². The van der Waals surface area contributed by atoms with E-state index in [-0.39, 0.29) is 12.6 Å². The third-order valence-corrected chi connectivity index (χ3v) is 3.49. The number of likely N-dealkylation sites (N-methyl/N-ethyl adjacent to an activating group) is 1. The second-order valence-electron chi connectivity index (χ2n) is 4.86. The van der Waals surface area contributed by atoms with E-state index in [0.29, 0.717) is 6.61 Å². The molecule has 0 saturated heterocycles. The zero-order valence-corrected chi connectivity index (χ0v) is 11.1. The van der Waals surface area contributed by atoms with E-state index < -0.39 is 0 Å². The lowest BCUT2D eigenvalue weighted by molar-refractivity contribution is 0.215. The highest BCUT2D eigenvalue weighted by molar-refractivity contribution is 5.38. The summed E-state index contributed by atoms with van der Waals surface area (Å²) in [5.74, 6) is 0.955. The van der Waals surface area contributed by atoms with E-state index in [9.17, 15) is 0 Å². The average molecular weight is 249 g/mol. The lowest BCUT2D eigenvalue weighted by Gasteiger charge is -2.17. The van der Waals surface area contributed by atoms with E-state index in [0.717, 1.165) is 18.7 Å². The van der Waals surface area contributed by atoms with Crippen LogP contribution in [0.3, 0.4) is 0 Å². The summed E-state index contributed by atoms with van der Waals surface area (Å²) >= 11 is 0. The van der Waals surface area contributed by atoms with Gasteiger partial charge in [-0.05, 0) is 55.5 Å². The van der Waals surface area contributed by atoms with Crippen molar-refractivity contribution in [1.82, 2.24) is 5.32 Å². The minimum Gasteiger partial charge on any atom is -0.492 e. The molecule has 1 aromatic rings. The minimum absolute atomic E-state index is 0.200. The van der Waals surface area contributed by atoms with Gasteiger partial charge in [-0.1, -0.05) is 13.0 Å². The molecule has 1 unspecified atom stereocenters. The summed E-state index contributed by atoms with van der Waals surface area (Å²) in [6, 6.07) is 6.65. The quantitative estimate of drug-likeness (QED) is 0.775. The van der Waals surface area contributed by atoms with E-state index in [1.54, 1.807) is 0 Å². The summed E-state index contributed by atoms with van der Waals surface area (Å²) in [4.78, 5) is 0. The molecular formula is C15H23NO2. The molecular weight excluding hydrogens is 226 g/mol. The maximum Gasteiger partial charge on any atom is 0.119 e. The smallest absolute Gasteiger partial charge is 0.119 e. The second kappa shape index (κ2) is 6.76. The van der Waals surface area contributed by atoms with Crippen LogP contribution in [0.4, 0.5) is 0 Å². The first kappa shape index (κ1) is 13.4. The molecule has 1 atom stereocenters. The van der Waals surface area contributed by atoms with Crippen molar-refractivity contribution in [2.75, 3.05) is 19.8 Å². The number of aliphatic hydroxyl groups excluding tert-OH is 1. The lowest BCUT2D eigenvalue weighted by Crippen LogP contribution is -2.35. The number of fused-ring (bicyclic) bond motifs is 1. The summed E-state index contributed by atoms with van der Waals surface area (Å²) in [5.41, 5.74) is 2.91. The highest BCUT2D eigenvalue weighted by Crippen LogP contribution is 2.26. The number of nitrogens with one attached hydrogen (secondary N) is 1. The molecule has 3 heteroatoms. The number of hydrogen-bond donors (Lipinski definition) is 2. The van der Waals surface area contributed by atoms with Crippen LogP contribution in [-0.4, -0.2) is 30.9 Å². The van der Waals surface area contributed by atoms with Gasteiger partial charge in [-0.25, -0.2) is 0 Å². The number of aryl methyl sites for hydroxylation is 2. The fourth-order valence-corrected chi connectivity index (χ4v) is 2.52. The maximum absolute atomic E-state index is 8.99. The Morgan fingerprint density at radius 1 is 1.33 bits per heavy atom. The van der Waals surface area contributed by atoms with Gasteiger partial charge in [-0.15, -0.1) is 0 Å². The van der Waals surface area contributed by atoms with Crippen molar-refractivity contribution in [2.45, 2.75) is 38.6 Å². The molecule has 100 valence electrons. The Morgan fingerprint density at radius 3 is 2.94 bits per heavy atom. The number of ether oxygens (including phenoxy) is 1. The molecule has 2 rings (SSSR count). The number of aliphatic hydroxyl groups is 1. The van der Waals surface area contributed by atoms with Gasteiger partial charge in [0.2, 0.25) is 0 Å². The van der Waals surface area contributed by atoms with Gasteiger partial charge in [0.25, 0.3) is 0 Å². The largest absolute Gasteiger partial charge is 0.492 e. The van der Waals surface area contributed by atoms with Crippen LogP contribution in [0.15, 0.2) is 18.2 Å². The summed E-state index contributed by atoms with van der Waals surface area (Å²) in [6.45, 7) is 3.79. The molecule has 1 aromatic carbocycles. The highest BCUT2D eigenvalue weighted by atomic mass is 16.5. The summed E-state index contributed by atoms with van der Waals surface area (Å²) in [6.07, 6.45) is 4.39. The molecule has 1 aliphatic carbocycles. The fourth-order valence-electron chi connectivity index (χ4n) is 2.52. The monoisotopic (exact) mass is 249 g/mol. The Bertz CT molecular complexity index is 373. The molecule has 3 nitrogen and oxygen atoms in total. The lowest BCUT2D eigenvalue weighted by atomic mass is 10.1. The van der Waals surface area contributed by atoms with E-state index in [2.05, 4.69) is 30.4 Å². The van der Waals surface area contributed by atoms with Gasteiger partial charge in [0.15, 0.2) is 0 Å². The third kappa shape index (κ3) is 3.47. The van der Waals surface area contributed by atoms with Crippen molar-refractivity contribution < 1.29 is 9.84 Å². The molecule has 0 fully saturated rings. The molecule has 18 heavy (non-hydrogen) atoms. The SMILES string of the molecule is CCNC(CCO)COc1ccc2c(c1)CCC2. The average Bonchev–Trinajstić information content (AvgIpc) is 2.84. The summed E-state index contributed by atoms with van der Waals surface area (Å²) in [7, 11) is 0. The van der Waals surface area contributed by atoms with Crippen molar-refractivity contribution in [3.63, 3.8) is 0 Å². The predicted molar refractivity (Wildman–Crippen MR) is 73.1 cm³/mol. The first-order chi connectivity index (χ1) is 8.83. The third-order valence-electron chi connectivity index (χ3n) is 3.49. The summed E-state index contributed by atoms with van der Waals surface area (Å²) < 4.78 is 5.82. The number of rotatable bonds is 7. The van der Waals surface area contributed by atoms with Gasteiger partial charge in [0.05, 0.1) is 0 Å². The van der Waals surface area contributed by atoms with Crippen LogP contribution in [0.5, 0.6) is 5.75 Å². The summed E-state index contributed by atoms with van der Waals surface area (Å²) in [5, 5.41) is 12.3. The van der Waals surface area contributed by atoms with Gasteiger partial charge >= 0.3 is 0 Å². The van der Waals surface area contributed by atoms with Crippen molar-refractivity contribution in [3.05, 3.63) is 29.3 Å². The van der Waals surface area contributed by atoms with Crippen LogP contribution in [0.1, 0.15) is 30.9 Å². The molecule has 1 aliphatic rings. The Hall–Kier alpha value is -1.06. The Labute approximate surface area is 109 Å². The standard InChI is InChI=1S/C15H23NO2/c1-2-16-14(8-9-17)11-18-15-7-6-12-4-3-5-13(12)10-15/h6-7,10,14,16-17H,2-5,8-9,11H2,1H3. The Kier molecular flexibility index (Phi) is 5.02. The normalized spacial score (nSPS) is 15.4. The van der Waals surface area contributed by atoms with Crippen LogP contribution in [0.25, 0.3) is 0 Å². The van der Waals surface area contributed by atoms with Crippen molar-refractivity contribution in [2.24, 2.45) is 0 Å².